The number of hydrogen-bond acceptors (Lipinski definition) is 2. The number of halogens is 3. The molecule has 1 N–H and O–H groups in total. The Labute approximate surface area is 133 Å². The summed E-state index contributed by atoms with van der Waals surface area (Å²) < 4.78 is 20.1. The minimum Gasteiger partial charge on any atom is -0.494 e. The van der Waals surface area contributed by atoms with Gasteiger partial charge in [0.2, 0.25) is 0 Å². The fourth-order valence-electron chi connectivity index (χ4n) is 1.88. The van der Waals surface area contributed by atoms with E-state index in [1.807, 2.05) is 6.92 Å². The third-order valence-corrected chi connectivity index (χ3v) is 4.24. The molecule has 0 aliphatic heterocycles. The van der Waals surface area contributed by atoms with Crippen LogP contribution in [-0.2, 0) is 0 Å². The van der Waals surface area contributed by atoms with Crippen LogP contribution in [0.3, 0.4) is 0 Å². The van der Waals surface area contributed by atoms with Crippen LogP contribution in [0.25, 0.3) is 0 Å². The maximum atomic E-state index is 13.3. The van der Waals surface area contributed by atoms with Gasteiger partial charge in [0.05, 0.1) is 6.61 Å². The van der Waals surface area contributed by atoms with E-state index >= 15 is 0 Å². The molecule has 2 aromatic carbocycles. The molecule has 20 heavy (non-hydrogen) atoms. The van der Waals surface area contributed by atoms with Crippen molar-refractivity contribution in [2.45, 2.75) is 13.0 Å². The van der Waals surface area contributed by atoms with Gasteiger partial charge in [-0.2, -0.15) is 0 Å². The Morgan fingerprint density at radius 2 is 1.85 bits per heavy atom. The summed E-state index contributed by atoms with van der Waals surface area (Å²) in [4.78, 5) is 0. The minimum absolute atomic E-state index is 0.385. The van der Waals surface area contributed by atoms with E-state index in [4.69, 9.17) is 4.74 Å². The standard InChI is InChI=1S/C15H13Br2FO2/c1-2-20-10-4-5-11(14(17)8-10)15(19)12-7-9(18)3-6-13(12)16/h3-8,15,19H,2H2,1H3. The van der Waals surface area contributed by atoms with E-state index in [1.165, 1.54) is 12.1 Å². The first-order chi connectivity index (χ1) is 9.52. The number of hydrogen-bond donors (Lipinski definition) is 1. The van der Waals surface area contributed by atoms with Gasteiger partial charge < -0.3 is 9.84 Å². The second-order valence-corrected chi connectivity index (χ2v) is 5.89. The summed E-state index contributed by atoms with van der Waals surface area (Å²) in [5.74, 6) is 0.331. The molecule has 0 bridgehead atoms. The van der Waals surface area contributed by atoms with E-state index in [1.54, 1.807) is 24.3 Å². The van der Waals surface area contributed by atoms with Crippen molar-refractivity contribution in [3.05, 3.63) is 62.3 Å². The van der Waals surface area contributed by atoms with Crippen molar-refractivity contribution >= 4 is 31.9 Å². The molecule has 0 heterocycles. The molecule has 0 fully saturated rings. The Kier molecular flexibility index (Phi) is 5.18. The molecule has 5 heteroatoms. The van der Waals surface area contributed by atoms with Gasteiger partial charge in [0, 0.05) is 14.5 Å². The highest BCUT2D eigenvalue weighted by Gasteiger charge is 2.17. The van der Waals surface area contributed by atoms with Gasteiger partial charge in [-0.3, -0.25) is 0 Å². The minimum atomic E-state index is -0.926. The lowest BCUT2D eigenvalue weighted by Gasteiger charge is -2.16. The highest BCUT2D eigenvalue weighted by Crippen LogP contribution is 2.34. The van der Waals surface area contributed by atoms with Crippen LogP contribution in [-0.4, -0.2) is 11.7 Å². The first-order valence-electron chi connectivity index (χ1n) is 6.08. The van der Waals surface area contributed by atoms with E-state index in [0.717, 1.165) is 0 Å². The Morgan fingerprint density at radius 3 is 2.50 bits per heavy atom. The van der Waals surface area contributed by atoms with Gasteiger partial charge in [0.15, 0.2) is 0 Å². The van der Waals surface area contributed by atoms with E-state index in [0.29, 0.717) is 32.4 Å². The predicted octanol–water partition coefficient (Wildman–Crippen LogP) is 4.83. The predicted molar refractivity (Wildman–Crippen MR) is 83.5 cm³/mol. The zero-order valence-electron chi connectivity index (χ0n) is 10.7. The molecule has 2 rings (SSSR count). The van der Waals surface area contributed by atoms with Crippen LogP contribution in [0.15, 0.2) is 45.3 Å². The summed E-state index contributed by atoms with van der Waals surface area (Å²) in [5, 5.41) is 10.4. The molecule has 106 valence electrons. The van der Waals surface area contributed by atoms with Crippen molar-refractivity contribution in [3.8, 4) is 5.75 Å². The SMILES string of the molecule is CCOc1ccc(C(O)c2cc(F)ccc2Br)c(Br)c1. The molecule has 0 radical (unpaired) electrons. The van der Waals surface area contributed by atoms with Gasteiger partial charge >= 0.3 is 0 Å². The van der Waals surface area contributed by atoms with E-state index in [2.05, 4.69) is 31.9 Å². The van der Waals surface area contributed by atoms with Gasteiger partial charge in [0.1, 0.15) is 17.7 Å². The molecule has 0 aromatic heterocycles. The number of aliphatic hydroxyl groups is 1. The zero-order valence-corrected chi connectivity index (χ0v) is 13.9. The van der Waals surface area contributed by atoms with Gasteiger partial charge in [-0.05, 0) is 42.8 Å². The first-order valence-corrected chi connectivity index (χ1v) is 7.66. The summed E-state index contributed by atoms with van der Waals surface area (Å²) in [5.41, 5.74) is 1.13. The molecule has 0 aliphatic carbocycles. The molecule has 0 amide bonds. The summed E-state index contributed by atoms with van der Waals surface area (Å²) in [6.07, 6.45) is -0.926. The largest absolute Gasteiger partial charge is 0.494 e. The fourth-order valence-corrected chi connectivity index (χ4v) is 2.92. The molecule has 1 atom stereocenters. The smallest absolute Gasteiger partial charge is 0.123 e. The molecule has 1 unspecified atom stereocenters. The maximum Gasteiger partial charge on any atom is 0.123 e. The lowest BCUT2D eigenvalue weighted by Crippen LogP contribution is -2.03. The van der Waals surface area contributed by atoms with Gasteiger partial charge in [-0.25, -0.2) is 4.39 Å². The lowest BCUT2D eigenvalue weighted by molar-refractivity contribution is 0.218. The van der Waals surface area contributed by atoms with Crippen molar-refractivity contribution in [1.29, 1.82) is 0 Å². The van der Waals surface area contributed by atoms with Crippen molar-refractivity contribution in [2.75, 3.05) is 6.61 Å². The first kappa shape index (κ1) is 15.5. The number of benzene rings is 2. The fraction of sp³-hybridized carbons (Fsp3) is 0.200. The molecule has 0 spiro atoms. The average molecular weight is 404 g/mol. The molecule has 0 saturated heterocycles. The van der Waals surface area contributed by atoms with Crippen LogP contribution in [0.1, 0.15) is 24.2 Å². The molecular weight excluding hydrogens is 391 g/mol. The number of rotatable bonds is 4. The number of aliphatic hydroxyl groups excluding tert-OH is 1. The lowest BCUT2D eigenvalue weighted by atomic mass is 10.0. The topological polar surface area (TPSA) is 29.5 Å². The summed E-state index contributed by atoms with van der Waals surface area (Å²) in [6.45, 7) is 2.48. The van der Waals surface area contributed by atoms with Gasteiger partial charge in [-0.15, -0.1) is 0 Å². The summed E-state index contributed by atoms with van der Waals surface area (Å²) in [6, 6.07) is 9.56. The second-order valence-electron chi connectivity index (χ2n) is 4.18. The Hall–Kier alpha value is -0.910. The van der Waals surface area contributed by atoms with Crippen LogP contribution in [0.4, 0.5) is 4.39 Å². The van der Waals surface area contributed by atoms with Crippen molar-refractivity contribution in [2.24, 2.45) is 0 Å². The Balaban J connectivity index is 2.38. The van der Waals surface area contributed by atoms with Crippen LogP contribution in [0.2, 0.25) is 0 Å². The molecular formula is C15H13Br2FO2. The molecule has 0 aliphatic rings. The zero-order chi connectivity index (χ0) is 14.7. The van der Waals surface area contributed by atoms with Crippen molar-refractivity contribution in [3.63, 3.8) is 0 Å². The maximum absolute atomic E-state index is 13.3. The Bertz CT molecular complexity index is 617. The molecule has 0 saturated carbocycles. The monoisotopic (exact) mass is 402 g/mol. The summed E-state index contributed by atoms with van der Waals surface area (Å²) in [7, 11) is 0. The average Bonchev–Trinajstić information content (AvgIpc) is 2.41. The van der Waals surface area contributed by atoms with E-state index < -0.39 is 6.10 Å². The normalized spacial score (nSPS) is 12.2. The van der Waals surface area contributed by atoms with Crippen LogP contribution in [0, 0.1) is 5.82 Å². The van der Waals surface area contributed by atoms with Crippen molar-refractivity contribution in [1.82, 2.24) is 0 Å². The van der Waals surface area contributed by atoms with Crippen molar-refractivity contribution < 1.29 is 14.2 Å². The van der Waals surface area contributed by atoms with E-state index in [9.17, 15) is 9.50 Å². The molecule has 2 nitrogen and oxygen atoms in total. The van der Waals surface area contributed by atoms with E-state index in [-0.39, 0.29) is 5.82 Å². The van der Waals surface area contributed by atoms with Crippen LogP contribution < -0.4 is 4.74 Å². The summed E-state index contributed by atoms with van der Waals surface area (Å²) >= 11 is 6.73. The van der Waals surface area contributed by atoms with Crippen LogP contribution >= 0.6 is 31.9 Å². The molecule has 2 aromatic rings. The highest BCUT2D eigenvalue weighted by atomic mass is 79.9. The number of ether oxygens (including phenoxy) is 1. The quantitative estimate of drug-likeness (QED) is 0.791. The third-order valence-electron chi connectivity index (χ3n) is 2.83. The van der Waals surface area contributed by atoms with Gasteiger partial charge in [0.25, 0.3) is 0 Å². The highest BCUT2D eigenvalue weighted by molar-refractivity contribution is 9.10. The second kappa shape index (κ2) is 6.70. The van der Waals surface area contributed by atoms with Gasteiger partial charge in [-0.1, -0.05) is 37.9 Å². The third kappa shape index (κ3) is 3.40. The van der Waals surface area contributed by atoms with Crippen LogP contribution in [0.5, 0.6) is 5.75 Å². The Morgan fingerprint density at radius 1 is 1.10 bits per heavy atom.